The molecule has 0 spiro atoms. The minimum Gasteiger partial charge on any atom is -0.507 e. The van der Waals surface area contributed by atoms with E-state index in [1.807, 2.05) is 0 Å². The van der Waals surface area contributed by atoms with E-state index in [4.69, 9.17) is 4.74 Å². The molecule has 184 valence electrons. The van der Waals surface area contributed by atoms with Gasteiger partial charge in [0.1, 0.15) is 17.1 Å². The highest BCUT2D eigenvalue weighted by atomic mass is 16.5. The summed E-state index contributed by atoms with van der Waals surface area (Å²) in [6.45, 7) is 11.1. The molecule has 2 rings (SSSR count). The maximum Gasteiger partial charge on any atom is 0.127 e. The van der Waals surface area contributed by atoms with E-state index in [0.29, 0.717) is 5.75 Å². The maximum absolute atomic E-state index is 11.3. The van der Waals surface area contributed by atoms with Crippen LogP contribution in [0.3, 0.4) is 0 Å². The van der Waals surface area contributed by atoms with Gasteiger partial charge in [-0.3, -0.25) is 0 Å². The Bertz CT molecular complexity index is 674. The van der Waals surface area contributed by atoms with E-state index in [1.165, 1.54) is 107 Å². The minimum absolute atomic E-state index is 0.109. The van der Waals surface area contributed by atoms with Gasteiger partial charge in [0.15, 0.2) is 0 Å². The second-order valence-corrected chi connectivity index (χ2v) is 10.8. The Morgan fingerprint density at radius 2 is 1.19 bits per heavy atom. The van der Waals surface area contributed by atoms with E-state index in [9.17, 15) is 5.11 Å². The molecule has 1 heterocycles. The van der Waals surface area contributed by atoms with Gasteiger partial charge in [0.2, 0.25) is 0 Å². The maximum atomic E-state index is 11.3. The first-order chi connectivity index (χ1) is 15.4. The van der Waals surface area contributed by atoms with Crippen LogP contribution in [0.5, 0.6) is 11.5 Å². The number of aromatic hydroxyl groups is 1. The second-order valence-electron chi connectivity index (χ2n) is 10.8. The Morgan fingerprint density at radius 1 is 0.719 bits per heavy atom. The fourth-order valence-corrected chi connectivity index (χ4v) is 5.25. The molecule has 0 unspecified atom stereocenters. The summed E-state index contributed by atoms with van der Waals surface area (Å²) in [4.78, 5) is 0. The molecule has 0 aliphatic carbocycles. The lowest BCUT2D eigenvalue weighted by Gasteiger charge is -2.36. The lowest BCUT2D eigenvalue weighted by Crippen LogP contribution is -2.33. The number of rotatable bonds is 16. The molecule has 1 aromatic rings. The minimum atomic E-state index is -0.109. The predicted octanol–water partition coefficient (Wildman–Crippen LogP) is 9.39. The van der Waals surface area contributed by atoms with Gasteiger partial charge < -0.3 is 9.84 Å². The summed E-state index contributed by atoms with van der Waals surface area (Å²) < 4.78 is 6.52. The number of hydrogen-bond acceptors (Lipinski definition) is 2. The third-order valence-corrected chi connectivity index (χ3v) is 7.42. The fraction of sp³-hybridized carbons (Fsp3) is 0.800. The van der Waals surface area contributed by atoms with Crippen molar-refractivity contribution in [2.24, 2.45) is 0 Å². The van der Waals surface area contributed by atoms with Gasteiger partial charge in [-0.25, -0.2) is 0 Å². The molecule has 0 fully saturated rings. The third kappa shape index (κ3) is 8.31. The zero-order valence-electron chi connectivity index (χ0n) is 22.1. The average molecular weight is 445 g/mol. The van der Waals surface area contributed by atoms with E-state index < -0.39 is 0 Å². The van der Waals surface area contributed by atoms with Gasteiger partial charge in [0.25, 0.3) is 0 Å². The van der Waals surface area contributed by atoms with Crippen LogP contribution in [-0.4, -0.2) is 10.7 Å². The molecule has 2 nitrogen and oxygen atoms in total. The lowest BCUT2D eigenvalue weighted by molar-refractivity contribution is 0.0829. The van der Waals surface area contributed by atoms with E-state index in [2.05, 4.69) is 34.6 Å². The number of fused-ring (bicyclic) bond motifs is 1. The number of phenolic OH excluding ortho intramolecular Hbond substituents is 1. The van der Waals surface area contributed by atoms with Crippen LogP contribution in [0.1, 0.15) is 146 Å². The molecule has 1 N–H and O–H groups in total. The molecule has 2 heteroatoms. The van der Waals surface area contributed by atoms with Crippen LogP contribution in [0, 0.1) is 6.92 Å². The third-order valence-electron chi connectivity index (χ3n) is 7.42. The standard InChI is InChI=1S/C30H52O2/c1-6-8-10-12-14-16-18-20-25-24(3)29-27(22-23-30(4,5)32-29)26(28(25)31)21-19-17-15-13-11-9-7-2/h31H,6-23H2,1-5H3. The summed E-state index contributed by atoms with van der Waals surface area (Å²) in [6.07, 6.45) is 22.3. The van der Waals surface area contributed by atoms with Gasteiger partial charge in [-0.05, 0) is 64.9 Å². The first-order valence-corrected chi connectivity index (χ1v) is 14.0. The summed E-state index contributed by atoms with van der Waals surface area (Å²) in [5.74, 6) is 1.69. The van der Waals surface area contributed by atoms with Crippen LogP contribution < -0.4 is 4.74 Å². The van der Waals surface area contributed by atoms with E-state index >= 15 is 0 Å². The van der Waals surface area contributed by atoms with E-state index in [1.54, 1.807) is 0 Å². The highest BCUT2D eigenvalue weighted by molar-refractivity contribution is 5.59. The summed E-state index contributed by atoms with van der Waals surface area (Å²) in [7, 11) is 0. The van der Waals surface area contributed by atoms with Crippen LogP contribution in [0.15, 0.2) is 0 Å². The van der Waals surface area contributed by atoms with Crippen molar-refractivity contribution in [3.63, 3.8) is 0 Å². The second kappa shape index (κ2) is 14.2. The van der Waals surface area contributed by atoms with E-state index in [0.717, 1.165) is 37.0 Å². The summed E-state index contributed by atoms with van der Waals surface area (Å²) in [6, 6.07) is 0. The van der Waals surface area contributed by atoms with Crippen molar-refractivity contribution in [1.29, 1.82) is 0 Å². The zero-order valence-corrected chi connectivity index (χ0v) is 22.1. The van der Waals surface area contributed by atoms with Gasteiger partial charge >= 0.3 is 0 Å². The molecule has 1 aromatic carbocycles. The van der Waals surface area contributed by atoms with Gasteiger partial charge in [0, 0.05) is 16.7 Å². The van der Waals surface area contributed by atoms with E-state index in [-0.39, 0.29) is 5.60 Å². The highest BCUT2D eigenvalue weighted by Gasteiger charge is 2.32. The smallest absolute Gasteiger partial charge is 0.127 e. The molecule has 0 saturated heterocycles. The van der Waals surface area contributed by atoms with Gasteiger partial charge in [-0.1, -0.05) is 90.9 Å². The van der Waals surface area contributed by atoms with Crippen LogP contribution in [0.2, 0.25) is 0 Å². The number of benzene rings is 1. The molecular weight excluding hydrogens is 392 g/mol. The summed E-state index contributed by atoms with van der Waals surface area (Å²) in [5, 5.41) is 11.3. The molecule has 0 radical (unpaired) electrons. The topological polar surface area (TPSA) is 29.5 Å². The molecule has 1 aliphatic heterocycles. The van der Waals surface area contributed by atoms with Crippen LogP contribution in [0.4, 0.5) is 0 Å². The molecule has 0 bridgehead atoms. The van der Waals surface area contributed by atoms with Crippen molar-refractivity contribution < 1.29 is 9.84 Å². The van der Waals surface area contributed by atoms with Crippen molar-refractivity contribution in [3.05, 3.63) is 22.3 Å². The monoisotopic (exact) mass is 444 g/mol. The normalized spacial score (nSPS) is 14.9. The SMILES string of the molecule is CCCCCCCCCc1c(C)c2c(c(CCCCCCCCC)c1O)CCC(C)(C)O2. The molecular formula is C30H52O2. The Kier molecular flexibility index (Phi) is 12.0. The number of ether oxygens (including phenoxy) is 1. The lowest BCUT2D eigenvalue weighted by atomic mass is 9.84. The largest absolute Gasteiger partial charge is 0.507 e. The number of hydrogen-bond donors (Lipinski definition) is 1. The molecule has 0 aromatic heterocycles. The van der Waals surface area contributed by atoms with Crippen molar-refractivity contribution >= 4 is 0 Å². The molecule has 32 heavy (non-hydrogen) atoms. The number of phenols is 1. The molecule has 0 saturated carbocycles. The summed E-state index contributed by atoms with van der Waals surface area (Å²) in [5.41, 5.74) is 4.75. The van der Waals surface area contributed by atoms with Crippen molar-refractivity contribution in [3.8, 4) is 11.5 Å². The van der Waals surface area contributed by atoms with Crippen LogP contribution in [-0.2, 0) is 19.3 Å². The quantitative estimate of drug-likeness (QED) is 0.257. The van der Waals surface area contributed by atoms with Crippen molar-refractivity contribution in [2.45, 2.75) is 156 Å². The van der Waals surface area contributed by atoms with Crippen molar-refractivity contribution in [2.75, 3.05) is 0 Å². The highest BCUT2D eigenvalue weighted by Crippen LogP contribution is 2.45. The van der Waals surface area contributed by atoms with Gasteiger partial charge in [-0.15, -0.1) is 0 Å². The Hall–Kier alpha value is -1.18. The van der Waals surface area contributed by atoms with Crippen LogP contribution in [0.25, 0.3) is 0 Å². The van der Waals surface area contributed by atoms with Gasteiger partial charge in [0.05, 0.1) is 0 Å². The predicted molar refractivity (Wildman–Crippen MR) is 139 cm³/mol. The summed E-state index contributed by atoms with van der Waals surface area (Å²) >= 11 is 0. The van der Waals surface area contributed by atoms with Crippen molar-refractivity contribution in [1.82, 2.24) is 0 Å². The van der Waals surface area contributed by atoms with Crippen LogP contribution >= 0.6 is 0 Å². The first-order valence-electron chi connectivity index (χ1n) is 14.0. The number of unbranched alkanes of at least 4 members (excludes halogenated alkanes) is 12. The first kappa shape index (κ1) is 27.1. The molecule has 0 amide bonds. The fourth-order valence-electron chi connectivity index (χ4n) is 5.25. The Balaban J connectivity index is 2.05. The Labute approximate surface area is 199 Å². The van der Waals surface area contributed by atoms with Gasteiger partial charge in [-0.2, -0.15) is 0 Å². The Morgan fingerprint density at radius 3 is 1.72 bits per heavy atom. The zero-order chi connectivity index (χ0) is 23.4. The molecule has 0 atom stereocenters. The molecule has 1 aliphatic rings. The average Bonchev–Trinajstić information content (AvgIpc) is 2.76.